The van der Waals surface area contributed by atoms with Crippen molar-refractivity contribution in [2.24, 2.45) is 0 Å². The van der Waals surface area contributed by atoms with Gasteiger partial charge in [-0.1, -0.05) is 31.5 Å². The number of nitrogens with one attached hydrogen (secondary N) is 1. The lowest BCUT2D eigenvalue weighted by Crippen LogP contribution is -1.99. The number of nitrogens with zero attached hydrogens (tertiary/aromatic N) is 2. The second-order valence-corrected chi connectivity index (χ2v) is 5.00. The summed E-state index contributed by atoms with van der Waals surface area (Å²) in [5.74, 6) is 0. The number of rotatable bonds is 5. The number of pyridine rings is 1. The van der Waals surface area contributed by atoms with Gasteiger partial charge in [-0.25, -0.2) is 4.98 Å². The predicted molar refractivity (Wildman–Crippen MR) is 83.0 cm³/mol. The molecule has 102 valence electrons. The van der Waals surface area contributed by atoms with Crippen LogP contribution in [-0.4, -0.2) is 9.38 Å². The van der Waals surface area contributed by atoms with Gasteiger partial charge < -0.3 is 9.72 Å². The molecule has 1 aromatic carbocycles. The van der Waals surface area contributed by atoms with Crippen molar-refractivity contribution in [3.05, 3.63) is 66.1 Å². The highest BCUT2D eigenvalue weighted by Crippen LogP contribution is 2.12. The number of aryl methyl sites for hydroxylation is 1. The van der Waals surface area contributed by atoms with Crippen molar-refractivity contribution in [1.82, 2.24) is 9.38 Å². The minimum Gasteiger partial charge on any atom is -0.379 e. The van der Waals surface area contributed by atoms with Crippen molar-refractivity contribution in [1.29, 1.82) is 0 Å². The third kappa shape index (κ3) is 2.82. The van der Waals surface area contributed by atoms with Crippen LogP contribution in [0.2, 0.25) is 0 Å². The van der Waals surface area contributed by atoms with Crippen molar-refractivity contribution in [2.75, 3.05) is 5.32 Å². The maximum absolute atomic E-state index is 4.58. The Balaban J connectivity index is 1.66. The molecule has 20 heavy (non-hydrogen) atoms. The van der Waals surface area contributed by atoms with Crippen LogP contribution < -0.4 is 5.32 Å². The third-order valence-corrected chi connectivity index (χ3v) is 3.38. The Labute approximate surface area is 119 Å². The van der Waals surface area contributed by atoms with Crippen molar-refractivity contribution in [3.63, 3.8) is 0 Å². The minimum absolute atomic E-state index is 0.745. The maximum Gasteiger partial charge on any atom is 0.137 e. The van der Waals surface area contributed by atoms with E-state index in [0.717, 1.165) is 30.0 Å². The molecule has 1 N–H and O–H groups in total. The van der Waals surface area contributed by atoms with E-state index in [1.165, 1.54) is 12.0 Å². The fourth-order valence-corrected chi connectivity index (χ4v) is 2.34. The molecule has 2 heterocycles. The van der Waals surface area contributed by atoms with Gasteiger partial charge in [-0.3, -0.25) is 0 Å². The molecule has 0 fully saturated rings. The van der Waals surface area contributed by atoms with Gasteiger partial charge in [0.2, 0.25) is 0 Å². The van der Waals surface area contributed by atoms with Gasteiger partial charge in [-0.05, 0) is 36.2 Å². The van der Waals surface area contributed by atoms with E-state index in [2.05, 4.69) is 47.7 Å². The van der Waals surface area contributed by atoms with E-state index in [9.17, 15) is 0 Å². The van der Waals surface area contributed by atoms with Crippen molar-refractivity contribution >= 4 is 11.3 Å². The van der Waals surface area contributed by atoms with E-state index in [1.807, 2.05) is 28.8 Å². The summed E-state index contributed by atoms with van der Waals surface area (Å²) in [6.07, 6.45) is 6.42. The molecule has 3 heteroatoms. The number of aromatic nitrogens is 2. The van der Waals surface area contributed by atoms with E-state index in [0.29, 0.717) is 0 Å². The molecule has 0 bridgehead atoms. The highest BCUT2D eigenvalue weighted by atomic mass is 15.0. The monoisotopic (exact) mass is 265 g/mol. The highest BCUT2D eigenvalue weighted by Gasteiger charge is 2.00. The summed E-state index contributed by atoms with van der Waals surface area (Å²) in [7, 11) is 0. The molecule has 3 nitrogen and oxygen atoms in total. The van der Waals surface area contributed by atoms with Gasteiger partial charge in [0.25, 0.3) is 0 Å². The van der Waals surface area contributed by atoms with Crippen molar-refractivity contribution < 1.29 is 0 Å². The molecule has 2 aromatic heterocycles. The standard InChI is InChI=1S/C17H19N3/c1-2-5-14-7-9-15(10-8-14)18-12-16-13-20-11-4-3-6-17(20)19-16/h3-4,6-11,13,18H,2,5,12H2,1H3. The second kappa shape index (κ2) is 5.78. The Bertz CT molecular complexity index is 650. The zero-order valence-corrected chi connectivity index (χ0v) is 11.7. The maximum atomic E-state index is 4.58. The van der Waals surface area contributed by atoms with E-state index >= 15 is 0 Å². The van der Waals surface area contributed by atoms with Gasteiger partial charge in [0.05, 0.1) is 12.2 Å². The molecule has 0 radical (unpaired) electrons. The van der Waals surface area contributed by atoms with Crippen LogP contribution in [0.1, 0.15) is 24.6 Å². The minimum atomic E-state index is 0.745. The van der Waals surface area contributed by atoms with Crippen molar-refractivity contribution in [2.45, 2.75) is 26.3 Å². The molecule has 0 aliphatic heterocycles. The first kappa shape index (κ1) is 12.7. The first-order valence-corrected chi connectivity index (χ1v) is 7.10. The molecule has 0 saturated carbocycles. The zero-order valence-electron chi connectivity index (χ0n) is 11.7. The van der Waals surface area contributed by atoms with Crippen LogP contribution in [0.25, 0.3) is 5.65 Å². The van der Waals surface area contributed by atoms with Crippen molar-refractivity contribution in [3.8, 4) is 0 Å². The lowest BCUT2D eigenvalue weighted by Gasteiger charge is -2.05. The zero-order chi connectivity index (χ0) is 13.8. The summed E-state index contributed by atoms with van der Waals surface area (Å²) in [6.45, 7) is 2.95. The summed E-state index contributed by atoms with van der Waals surface area (Å²) in [6, 6.07) is 14.7. The lowest BCUT2D eigenvalue weighted by molar-refractivity contribution is 0.922. The van der Waals surface area contributed by atoms with Crippen LogP contribution in [0.15, 0.2) is 54.9 Å². The number of hydrogen-bond donors (Lipinski definition) is 1. The summed E-state index contributed by atoms with van der Waals surface area (Å²) >= 11 is 0. The molecule has 0 saturated heterocycles. The second-order valence-electron chi connectivity index (χ2n) is 5.00. The van der Waals surface area contributed by atoms with Crippen LogP contribution in [0, 0.1) is 0 Å². The molecule has 0 unspecified atom stereocenters. The highest BCUT2D eigenvalue weighted by molar-refractivity contribution is 5.46. The van der Waals surface area contributed by atoms with E-state index in [4.69, 9.17) is 0 Å². The molecule has 0 aliphatic carbocycles. The fourth-order valence-electron chi connectivity index (χ4n) is 2.34. The Morgan fingerprint density at radius 2 is 1.95 bits per heavy atom. The molecule has 0 atom stereocenters. The third-order valence-electron chi connectivity index (χ3n) is 3.38. The average Bonchev–Trinajstić information content (AvgIpc) is 2.90. The Kier molecular flexibility index (Phi) is 3.68. The summed E-state index contributed by atoms with van der Waals surface area (Å²) < 4.78 is 2.04. The first-order chi connectivity index (χ1) is 9.85. The number of anilines is 1. The number of hydrogen-bond acceptors (Lipinski definition) is 2. The van der Waals surface area contributed by atoms with Gasteiger partial charge in [0, 0.05) is 18.1 Å². The summed E-state index contributed by atoms with van der Waals surface area (Å²) in [5.41, 5.74) is 4.57. The van der Waals surface area contributed by atoms with E-state index in [-0.39, 0.29) is 0 Å². The smallest absolute Gasteiger partial charge is 0.137 e. The summed E-state index contributed by atoms with van der Waals surface area (Å²) in [4.78, 5) is 4.58. The first-order valence-electron chi connectivity index (χ1n) is 7.10. The van der Waals surface area contributed by atoms with Gasteiger partial charge in [-0.2, -0.15) is 0 Å². The average molecular weight is 265 g/mol. The fraction of sp³-hybridized carbons (Fsp3) is 0.235. The van der Waals surface area contributed by atoms with Crippen LogP contribution in [-0.2, 0) is 13.0 Å². The molecule has 3 rings (SSSR count). The van der Waals surface area contributed by atoms with E-state index in [1.54, 1.807) is 0 Å². The summed E-state index contributed by atoms with van der Waals surface area (Å²) in [5, 5.41) is 3.42. The molecular weight excluding hydrogens is 246 g/mol. The topological polar surface area (TPSA) is 29.3 Å². The van der Waals surface area contributed by atoms with Crippen LogP contribution in [0.4, 0.5) is 5.69 Å². The number of imidazole rings is 1. The number of fused-ring (bicyclic) bond motifs is 1. The Morgan fingerprint density at radius 1 is 1.10 bits per heavy atom. The molecule has 0 aliphatic rings. The Hall–Kier alpha value is -2.29. The van der Waals surface area contributed by atoms with Gasteiger partial charge in [0.1, 0.15) is 5.65 Å². The largest absolute Gasteiger partial charge is 0.379 e. The lowest BCUT2D eigenvalue weighted by atomic mass is 10.1. The molecule has 0 amide bonds. The van der Waals surface area contributed by atoms with Gasteiger partial charge in [-0.15, -0.1) is 0 Å². The predicted octanol–water partition coefficient (Wildman–Crippen LogP) is 3.90. The van der Waals surface area contributed by atoms with Gasteiger partial charge in [0.15, 0.2) is 0 Å². The Morgan fingerprint density at radius 3 is 2.70 bits per heavy atom. The quantitative estimate of drug-likeness (QED) is 0.758. The van der Waals surface area contributed by atoms with E-state index < -0.39 is 0 Å². The van der Waals surface area contributed by atoms with Crippen LogP contribution in [0.5, 0.6) is 0 Å². The molecular formula is C17H19N3. The number of benzene rings is 1. The van der Waals surface area contributed by atoms with Crippen LogP contribution in [0.3, 0.4) is 0 Å². The van der Waals surface area contributed by atoms with Gasteiger partial charge >= 0.3 is 0 Å². The molecule has 0 spiro atoms. The molecule has 3 aromatic rings. The SMILES string of the molecule is CCCc1ccc(NCc2cn3ccccc3n2)cc1. The van der Waals surface area contributed by atoms with Crippen LogP contribution >= 0.6 is 0 Å². The normalized spacial score (nSPS) is 10.8.